The Bertz CT molecular complexity index is 763. The molecule has 1 unspecified atom stereocenters. The number of halogens is 2. The van der Waals surface area contributed by atoms with Gasteiger partial charge in [-0.25, -0.2) is 21.9 Å². The minimum atomic E-state index is -4.20. The summed E-state index contributed by atoms with van der Waals surface area (Å²) in [5.74, 6) is -1.85. The molecule has 0 amide bonds. The first-order chi connectivity index (χ1) is 9.81. The number of anilines is 1. The maximum absolute atomic E-state index is 13.6. The summed E-state index contributed by atoms with van der Waals surface area (Å²) in [4.78, 5) is -0.733. The molecule has 0 saturated carbocycles. The molecule has 1 atom stereocenters. The lowest BCUT2D eigenvalue weighted by atomic mass is 10.1. The molecule has 0 aliphatic heterocycles. The summed E-state index contributed by atoms with van der Waals surface area (Å²) in [5.41, 5.74) is 6.73. The Hall–Kier alpha value is -1.99. The average molecular weight is 312 g/mol. The van der Waals surface area contributed by atoms with Gasteiger partial charge in [-0.15, -0.1) is 0 Å². The molecule has 3 N–H and O–H groups in total. The fourth-order valence-electron chi connectivity index (χ4n) is 1.95. The van der Waals surface area contributed by atoms with Crippen LogP contribution in [-0.4, -0.2) is 8.42 Å². The summed E-state index contributed by atoms with van der Waals surface area (Å²) in [6, 6.07) is 8.29. The molecule has 0 aromatic heterocycles. The highest BCUT2D eigenvalue weighted by Gasteiger charge is 2.23. The van der Waals surface area contributed by atoms with Crippen molar-refractivity contribution in [3.05, 3.63) is 59.7 Å². The van der Waals surface area contributed by atoms with Crippen molar-refractivity contribution in [1.29, 1.82) is 0 Å². The lowest BCUT2D eigenvalue weighted by Crippen LogP contribution is -2.28. The number of hydrogen-bond acceptors (Lipinski definition) is 3. The monoisotopic (exact) mass is 312 g/mol. The summed E-state index contributed by atoms with van der Waals surface area (Å²) in [6.07, 6.45) is 0. The minimum absolute atomic E-state index is 0.410. The van der Waals surface area contributed by atoms with E-state index in [4.69, 9.17) is 5.73 Å². The van der Waals surface area contributed by atoms with Gasteiger partial charge in [-0.05, 0) is 36.8 Å². The van der Waals surface area contributed by atoms with Crippen molar-refractivity contribution in [2.45, 2.75) is 17.9 Å². The van der Waals surface area contributed by atoms with Gasteiger partial charge in [0.15, 0.2) is 0 Å². The second-order valence-corrected chi connectivity index (χ2v) is 6.23. The van der Waals surface area contributed by atoms with Gasteiger partial charge in [-0.3, -0.25) is 0 Å². The summed E-state index contributed by atoms with van der Waals surface area (Å²) in [5, 5.41) is 0. The molecule has 2 aromatic carbocycles. The molecular formula is C14H14F2N2O2S. The first-order valence-electron chi connectivity index (χ1n) is 6.13. The van der Waals surface area contributed by atoms with Crippen LogP contribution in [0, 0.1) is 11.6 Å². The fraction of sp³-hybridized carbons (Fsp3) is 0.143. The van der Waals surface area contributed by atoms with Crippen molar-refractivity contribution >= 4 is 15.7 Å². The molecular weight excluding hydrogens is 298 g/mol. The first kappa shape index (κ1) is 15.4. The van der Waals surface area contributed by atoms with Gasteiger partial charge < -0.3 is 5.73 Å². The smallest absolute Gasteiger partial charge is 0.244 e. The highest BCUT2D eigenvalue weighted by Crippen LogP contribution is 2.23. The number of benzene rings is 2. The van der Waals surface area contributed by atoms with E-state index in [9.17, 15) is 17.2 Å². The summed E-state index contributed by atoms with van der Waals surface area (Å²) < 4.78 is 53.3. The van der Waals surface area contributed by atoms with Gasteiger partial charge in [-0.2, -0.15) is 0 Å². The Morgan fingerprint density at radius 2 is 1.81 bits per heavy atom. The highest BCUT2D eigenvalue weighted by molar-refractivity contribution is 7.89. The first-order valence-corrected chi connectivity index (χ1v) is 7.61. The quantitative estimate of drug-likeness (QED) is 0.852. The number of para-hydroxylation sites is 1. The van der Waals surface area contributed by atoms with Crippen LogP contribution in [0.4, 0.5) is 14.5 Å². The fourth-order valence-corrected chi connectivity index (χ4v) is 3.26. The Kier molecular flexibility index (Phi) is 4.24. The number of nitrogens with two attached hydrogens (primary N) is 1. The predicted octanol–water partition coefficient (Wildman–Crippen LogP) is 2.59. The Morgan fingerprint density at radius 3 is 2.48 bits per heavy atom. The second kappa shape index (κ2) is 5.79. The maximum atomic E-state index is 13.6. The van der Waals surface area contributed by atoms with Crippen molar-refractivity contribution in [3.8, 4) is 0 Å². The van der Waals surface area contributed by atoms with E-state index >= 15 is 0 Å². The van der Waals surface area contributed by atoms with Crippen LogP contribution in [0.3, 0.4) is 0 Å². The SMILES string of the molecule is CC(NS(=O)(=O)c1cc(F)ccc1F)c1ccccc1N. The number of nitrogens with one attached hydrogen (secondary N) is 1. The summed E-state index contributed by atoms with van der Waals surface area (Å²) in [7, 11) is -4.20. The van der Waals surface area contributed by atoms with Crippen LogP contribution in [0.2, 0.25) is 0 Å². The zero-order chi connectivity index (χ0) is 15.6. The van der Waals surface area contributed by atoms with Crippen LogP contribution in [0.5, 0.6) is 0 Å². The van der Waals surface area contributed by atoms with E-state index < -0.39 is 32.6 Å². The number of hydrogen-bond donors (Lipinski definition) is 2. The van der Waals surface area contributed by atoms with E-state index in [-0.39, 0.29) is 0 Å². The maximum Gasteiger partial charge on any atom is 0.244 e. The van der Waals surface area contributed by atoms with Crippen LogP contribution < -0.4 is 10.5 Å². The van der Waals surface area contributed by atoms with Crippen molar-refractivity contribution < 1.29 is 17.2 Å². The second-order valence-electron chi connectivity index (χ2n) is 4.55. The van der Waals surface area contributed by atoms with Crippen LogP contribution in [0.1, 0.15) is 18.5 Å². The Morgan fingerprint density at radius 1 is 1.14 bits per heavy atom. The number of nitrogen functional groups attached to an aromatic ring is 1. The predicted molar refractivity (Wildman–Crippen MR) is 75.9 cm³/mol. The Labute approximate surface area is 121 Å². The molecule has 7 heteroatoms. The zero-order valence-corrected chi connectivity index (χ0v) is 12.0. The van der Waals surface area contributed by atoms with Crippen molar-refractivity contribution in [3.63, 3.8) is 0 Å². The largest absolute Gasteiger partial charge is 0.398 e. The molecule has 21 heavy (non-hydrogen) atoms. The van der Waals surface area contributed by atoms with Gasteiger partial charge in [0.05, 0.1) is 0 Å². The third-order valence-electron chi connectivity index (χ3n) is 2.98. The van der Waals surface area contributed by atoms with Crippen molar-refractivity contribution in [2.24, 2.45) is 0 Å². The average Bonchev–Trinajstić information content (AvgIpc) is 2.41. The van der Waals surface area contributed by atoms with E-state index in [1.165, 1.54) is 0 Å². The molecule has 2 aromatic rings. The summed E-state index contributed by atoms with van der Waals surface area (Å²) >= 11 is 0. The summed E-state index contributed by atoms with van der Waals surface area (Å²) in [6.45, 7) is 1.57. The molecule has 2 rings (SSSR count). The van der Waals surface area contributed by atoms with E-state index in [0.717, 1.165) is 12.1 Å². The molecule has 0 bridgehead atoms. The molecule has 0 spiro atoms. The molecule has 0 aliphatic carbocycles. The molecule has 112 valence electrons. The molecule has 0 aliphatic rings. The van der Waals surface area contributed by atoms with Gasteiger partial charge in [0.1, 0.15) is 16.5 Å². The lowest BCUT2D eigenvalue weighted by molar-refractivity contribution is 0.538. The highest BCUT2D eigenvalue weighted by atomic mass is 32.2. The number of rotatable bonds is 4. The van der Waals surface area contributed by atoms with Gasteiger partial charge in [0.25, 0.3) is 0 Å². The minimum Gasteiger partial charge on any atom is -0.398 e. The van der Waals surface area contributed by atoms with E-state index in [0.29, 0.717) is 17.3 Å². The van der Waals surface area contributed by atoms with E-state index in [2.05, 4.69) is 4.72 Å². The van der Waals surface area contributed by atoms with Crippen molar-refractivity contribution in [1.82, 2.24) is 4.72 Å². The molecule has 4 nitrogen and oxygen atoms in total. The van der Waals surface area contributed by atoms with E-state index in [1.807, 2.05) is 0 Å². The van der Waals surface area contributed by atoms with Gasteiger partial charge >= 0.3 is 0 Å². The Balaban J connectivity index is 2.34. The van der Waals surface area contributed by atoms with Gasteiger partial charge in [0.2, 0.25) is 10.0 Å². The lowest BCUT2D eigenvalue weighted by Gasteiger charge is -2.16. The van der Waals surface area contributed by atoms with E-state index in [1.54, 1.807) is 31.2 Å². The molecule has 0 fully saturated rings. The van der Waals surface area contributed by atoms with Crippen molar-refractivity contribution in [2.75, 3.05) is 5.73 Å². The molecule has 0 radical (unpaired) electrons. The van der Waals surface area contributed by atoms with Gasteiger partial charge in [-0.1, -0.05) is 18.2 Å². The molecule has 0 saturated heterocycles. The van der Waals surface area contributed by atoms with Crippen LogP contribution in [0.25, 0.3) is 0 Å². The molecule has 0 heterocycles. The van der Waals surface area contributed by atoms with Gasteiger partial charge in [0, 0.05) is 11.7 Å². The third-order valence-corrected chi connectivity index (χ3v) is 4.53. The normalized spacial score (nSPS) is 13.1. The van der Waals surface area contributed by atoms with Crippen LogP contribution in [-0.2, 0) is 10.0 Å². The topological polar surface area (TPSA) is 72.2 Å². The standard InChI is InChI=1S/C14H14F2N2O2S/c1-9(11-4-2-3-5-13(11)17)18-21(19,20)14-8-10(15)6-7-12(14)16/h2-9,18H,17H2,1H3. The van der Waals surface area contributed by atoms with Crippen LogP contribution >= 0.6 is 0 Å². The zero-order valence-electron chi connectivity index (χ0n) is 11.2. The number of sulfonamides is 1. The van der Waals surface area contributed by atoms with Crippen LogP contribution in [0.15, 0.2) is 47.4 Å². The third kappa shape index (κ3) is 3.37.